The maximum Gasteiger partial charge on any atom is 3.00 e. The molecule has 0 saturated heterocycles. The van der Waals surface area contributed by atoms with Gasteiger partial charge in [-0.05, 0) is 36.4 Å². The minimum Gasteiger partial charge on any atom is -0.400 e. The average molecular weight is 621 g/mol. The zero-order valence-electron chi connectivity index (χ0n) is 19.6. The van der Waals surface area contributed by atoms with E-state index in [1.54, 1.807) is 0 Å². The van der Waals surface area contributed by atoms with Crippen molar-refractivity contribution >= 4 is 0 Å². The summed E-state index contributed by atoms with van der Waals surface area (Å²) in [6, 6.07) is 30.5. The van der Waals surface area contributed by atoms with Crippen LogP contribution in [0.1, 0.15) is 25.0 Å². The molecular weight excluding hydrogens is 589 g/mol. The Hall–Kier alpha value is -2.69. The van der Waals surface area contributed by atoms with Crippen LogP contribution in [-0.2, 0) is 32.9 Å². The first-order valence-corrected chi connectivity index (χ1v) is 10.5. The van der Waals surface area contributed by atoms with Crippen LogP contribution in [0, 0.1) is 12.1 Å². The molecule has 0 amide bonds. The van der Waals surface area contributed by atoms with Crippen molar-refractivity contribution in [1.29, 1.82) is 0 Å². The second-order valence-corrected chi connectivity index (χ2v) is 6.36. The van der Waals surface area contributed by atoms with Crippen LogP contribution in [0.2, 0.25) is 0 Å². The van der Waals surface area contributed by atoms with Gasteiger partial charge in [0, 0.05) is 26.6 Å². The molecule has 5 heteroatoms. The van der Waals surface area contributed by atoms with Crippen LogP contribution in [-0.4, -0.2) is 34.4 Å². The van der Waals surface area contributed by atoms with Gasteiger partial charge in [-0.3, -0.25) is 0 Å². The minimum absolute atomic E-state index is 0. The van der Waals surface area contributed by atoms with E-state index in [2.05, 4.69) is 48.1 Å². The molecular formula is C28H32IrN2O2+. The first-order chi connectivity index (χ1) is 15.8. The Kier molecular flexibility index (Phi) is 17.3. The van der Waals surface area contributed by atoms with Gasteiger partial charge in [0.2, 0.25) is 0 Å². The number of nitrogens with zero attached hydrogens (tertiary/aromatic N) is 2. The number of hydrogen-bond donors (Lipinski definition) is 2. The summed E-state index contributed by atoms with van der Waals surface area (Å²) in [5.74, 6) is 0. The Morgan fingerprint density at radius 1 is 0.636 bits per heavy atom. The van der Waals surface area contributed by atoms with Crippen molar-refractivity contribution in [2.24, 2.45) is 0 Å². The molecule has 4 nitrogen and oxygen atoms in total. The summed E-state index contributed by atoms with van der Waals surface area (Å²) < 4.78 is 0. The number of pyridine rings is 2. The zero-order valence-corrected chi connectivity index (χ0v) is 22.0. The van der Waals surface area contributed by atoms with Gasteiger partial charge in [-0.2, -0.15) is 0 Å². The maximum absolute atomic E-state index is 7.00. The maximum atomic E-state index is 7.00. The molecule has 4 rings (SSSR count). The fraction of sp³-hybridized carbons (Fsp3) is 0.214. The Labute approximate surface area is 211 Å². The summed E-state index contributed by atoms with van der Waals surface area (Å²) in [5, 5.41) is 14.0. The molecule has 2 aromatic heterocycles. The van der Waals surface area contributed by atoms with Crippen LogP contribution >= 0.6 is 0 Å². The van der Waals surface area contributed by atoms with Gasteiger partial charge >= 0.3 is 20.1 Å². The number of hydrogen-bond acceptors (Lipinski definition) is 4. The van der Waals surface area contributed by atoms with Gasteiger partial charge in [0.15, 0.2) is 0 Å². The molecule has 174 valence electrons. The Morgan fingerprint density at radius 2 is 1.03 bits per heavy atom. The molecule has 0 spiro atoms. The van der Waals surface area contributed by atoms with E-state index in [4.69, 9.17) is 10.2 Å². The summed E-state index contributed by atoms with van der Waals surface area (Å²) in [4.78, 5) is 8.65. The van der Waals surface area contributed by atoms with Crippen LogP contribution < -0.4 is 0 Å². The monoisotopic (exact) mass is 621 g/mol. The van der Waals surface area contributed by atoms with E-state index in [1.165, 1.54) is 11.1 Å². The third-order valence-electron chi connectivity index (χ3n) is 4.44. The molecule has 0 aliphatic carbocycles. The number of aliphatic hydroxyl groups is 2. The van der Waals surface area contributed by atoms with Crippen molar-refractivity contribution in [3.63, 3.8) is 0 Å². The van der Waals surface area contributed by atoms with Crippen LogP contribution in [0.3, 0.4) is 0 Å². The van der Waals surface area contributed by atoms with E-state index < -0.39 is 0 Å². The third-order valence-corrected chi connectivity index (χ3v) is 4.44. The van der Waals surface area contributed by atoms with Gasteiger partial charge in [-0.15, -0.1) is 71.8 Å². The number of aryl methyl sites for hydroxylation is 2. The topological polar surface area (TPSA) is 66.2 Å². The molecule has 0 aliphatic heterocycles. The van der Waals surface area contributed by atoms with Crippen LogP contribution in [0.4, 0.5) is 0 Å². The van der Waals surface area contributed by atoms with Crippen molar-refractivity contribution in [1.82, 2.24) is 9.97 Å². The fourth-order valence-electron chi connectivity index (χ4n) is 2.79. The molecule has 4 aromatic rings. The second kappa shape index (κ2) is 18.8. The Morgan fingerprint density at radius 3 is 1.33 bits per heavy atom. The third kappa shape index (κ3) is 10.6. The summed E-state index contributed by atoms with van der Waals surface area (Å²) in [5.41, 5.74) is 6.75. The van der Waals surface area contributed by atoms with Crippen molar-refractivity contribution in [3.8, 4) is 22.5 Å². The van der Waals surface area contributed by atoms with E-state index >= 15 is 0 Å². The minimum atomic E-state index is 0. The van der Waals surface area contributed by atoms with Crippen LogP contribution in [0.25, 0.3) is 22.5 Å². The molecule has 2 heterocycles. The molecule has 2 aromatic carbocycles. The second-order valence-electron chi connectivity index (χ2n) is 6.36. The summed E-state index contributed by atoms with van der Waals surface area (Å²) in [6.45, 7) is 4.29. The van der Waals surface area contributed by atoms with Gasteiger partial charge in [0.25, 0.3) is 0 Å². The quantitative estimate of drug-likeness (QED) is 0.299. The van der Waals surface area contributed by atoms with Crippen molar-refractivity contribution < 1.29 is 30.3 Å². The molecule has 0 aliphatic rings. The summed E-state index contributed by atoms with van der Waals surface area (Å²) in [7, 11) is 2.00. The predicted octanol–water partition coefficient (Wildman–Crippen LogP) is 5.44. The Bertz CT molecular complexity index is 914. The molecule has 0 fully saturated rings. The molecule has 0 bridgehead atoms. The molecule has 0 unspecified atom stereocenters. The van der Waals surface area contributed by atoms with Crippen molar-refractivity contribution in [2.45, 2.75) is 26.7 Å². The normalized spacial score (nSPS) is 8.91. The standard InChI is InChI=1S/2C13H12N.2CH4O.Ir/c2*1-2-11-8-9-14-13(10-11)12-6-4-3-5-7-12;2*1-2;/h2*3-6,8-10H,2H2,1H3;2*2H,1H3;/q2*-1;;;+3. The summed E-state index contributed by atoms with van der Waals surface area (Å²) >= 11 is 0. The molecule has 0 radical (unpaired) electrons. The van der Waals surface area contributed by atoms with Crippen LogP contribution in [0.15, 0.2) is 85.2 Å². The van der Waals surface area contributed by atoms with E-state index in [1.807, 2.05) is 73.1 Å². The first kappa shape index (κ1) is 30.3. The van der Waals surface area contributed by atoms with E-state index in [-0.39, 0.29) is 20.1 Å². The number of benzene rings is 2. The zero-order chi connectivity index (χ0) is 23.6. The fourth-order valence-corrected chi connectivity index (χ4v) is 2.79. The average Bonchev–Trinajstić information content (AvgIpc) is 2.92. The van der Waals surface area contributed by atoms with Gasteiger partial charge in [-0.1, -0.05) is 37.1 Å². The summed E-state index contributed by atoms with van der Waals surface area (Å²) in [6.07, 6.45) is 5.80. The van der Waals surface area contributed by atoms with Crippen LogP contribution in [0.5, 0.6) is 0 Å². The SMILES string of the molecule is CCc1ccnc(-c2[c-]cccc2)c1.CCc1ccnc(-c2[c-]cccc2)c1.CO.CO.[Ir+3]. The van der Waals surface area contributed by atoms with Crippen molar-refractivity contribution in [2.75, 3.05) is 14.2 Å². The largest absolute Gasteiger partial charge is 3.00 e. The molecule has 0 saturated carbocycles. The first-order valence-electron chi connectivity index (χ1n) is 10.5. The number of aliphatic hydroxyl groups excluding tert-OH is 2. The molecule has 33 heavy (non-hydrogen) atoms. The smallest absolute Gasteiger partial charge is 0.400 e. The van der Waals surface area contributed by atoms with E-state index in [0.29, 0.717) is 0 Å². The predicted molar refractivity (Wildman–Crippen MR) is 132 cm³/mol. The van der Waals surface area contributed by atoms with Gasteiger partial charge in [0.1, 0.15) is 0 Å². The molecule has 0 atom stereocenters. The van der Waals surface area contributed by atoms with E-state index in [0.717, 1.165) is 49.6 Å². The van der Waals surface area contributed by atoms with Crippen molar-refractivity contribution in [3.05, 3.63) is 108 Å². The molecule has 2 N–H and O–H groups in total. The Balaban J connectivity index is 0.000000526. The van der Waals surface area contributed by atoms with Gasteiger partial charge in [-0.25, -0.2) is 0 Å². The number of aromatic nitrogens is 2. The van der Waals surface area contributed by atoms with Gasteiger partial charge < -0.3 is 20.2 Å². The van der Waals surface area contributed by atoms with Gasteiger partial charge in [0.05, 0.1) is 0 Å². The van der Waals surface area contributed by atoms with E-state index in [9.17, 15) is 0 Å². The number of rotatable bonds is 4.